The van der Waals surface area contributed by atoms with E-state index in [-0.39, 0.29) is 0 Å². The number of piperidine rings is 1. The molecule has 1 aliphatic rings. The third-order valence-electron chi connectivity index (χ3n) is 3.13. The number of pyridine rings is 1. The Kier molecular flexibility index (Phi) is 4.66. The molecule has 2 heterocycles. The molecule has 4 heteroatoms. The quantitative estimate of drug-likeness (QED) is 0.798. The highest BCUT2D eigenvalue weighted by atomic mass is 79.9. The summed E-state index contributed by atoms with van der Waals surface area (Å²) >= 11 is 3.60. The number of hydrogen-bond acceptors (Lipinski definition) is 3. The molecule has 2 rings (SSSR count). The zero-order valence-electron chi connectivity index (χ0n) is 10.2. The number of nitrogens with zero attached hydrogens (tertiary/aromatic N) is 2. The first-order valence-corrected chi connectivity index (χ1v) is 7.39. The van der Waals surface area contributed by atoms with Gasteiger partial charge < -0.3 is 9.64 Å². The van der Waals surface area contributed by atoms with Crippen LogP contribution in [0.15, 0.2) is 18.3 Å². The highest BCUT2D eigenvalue weighted by molar-refractivity contribution is 9.09. The molecule has 3 nitrogen and oxygen atoms in total. The second-order valence-electron chi connectivity index (χ2n) is 4.26. The zero-order chi connectivity index (χ0) is 12.1. The first kappa shape index (κ1) is 12.7. The van der Waals surface area contributed by atoms with Crippen molar-refractivity contribution >= 4 is 21.7 Å². The van der Waals surface area contributed by atoms with Gasteiger partial charge >= 0.3 is 0 Å². The molecule has 0 amide bonds. The van der Waals surface area contributed by atoms with Gasteiger partial charge in [0.05, 0.1) is 6.61 Å². The van der Waals surface area contributed by atoms with Crippen molar-refractivity contribution in [3.05, 3.63) is 18.3 Å². The van der Waals surface area contributed by atoms with E-state index in [2.05, 4.69) is 25.8 Å². The summed E-state index contributed by atoms with van der Waals surface area (Å²) in [4.78, 5) is 6.88. The minimum Gasteiger partial charge on any atom is -0.490 e. The lowest BCUT2D eigenvalue weighted by molar-refractivity contribution is 0.336. The second kappa shape index (κ2) is 6.24. The van der Waals surface area contributed by atoms with Crippen LogP contribution in [0, 0.1) is 0 Å². The van der Waals surface area contributed by atoms with E-state index in [1.807, 2.05) is 25.3 Å². The molecule has 1 fully saturated rings. The molecular formula is C13H19BrN2O. The Morgan fingerprint density at radius 3 is 3.18 bits per heavy atom. The maximum atomic E-state index is 5.66. The average molecular weight is 299 g/mol. The molecule has 1 saturated heterocycles. The van der Waals surface area contributed by atoms with Crippen molar-refractivity contribution in [3.63, 3.8) is 0 Å². The van der Waals surface area contributed by atoms with E-state index in [9.17, 15) is 0 Å². The first-order valence-electron chi connectivity index (χ1n) is 6.27. The normalized spacial score (nSPS) is 20.4. The monoisotopic (exact) mass is 298 g/mol. The lowest BCUT2D eigenvalue weighted by atomic mass is 10.0. The smallest absolute Gasteiger partial charge is 0.171 e. The molecular weight excluding hydrogens is 280 g/mol. The van der Waals surface area contributed by atoms with E-state index >= 15 is 0 Å². The van der Waals surface area contributed by atoms with Crippen molar-refractivity contribution in [3.8, 4) is 5.75 Å². The lowest BCUT2D eigenvalue weighted by Crippen LogP contribution is -2.41. The van der Waals surface area contributed by atoms with Gasteiger partial charge in [-0.2, -0.15) is 0 Å². The molecule has 17 heavy (non-hydrogen) atoms. The van der Waals surface area contributed by atoms with Crippen molar-refractivity contribution < 1.29 is 4.74 Å². The van der Waals surface area contributed by atoms with Crippen LogP contribution in [-0.4, -0.2) is 29.5 Å². The van der Waals surface area contributed by atoms with Crippen LogP contribution in [0.5, 0.6) is 5.75 Å². The Hall–Kier alpha value is -0.770. The topological polar surface area (TPSA) is 25.4 Å². The summed E-state index contributed by atoms with van der Waals surface area (Å²) in [7, 11) is 0. The SMILES string of the molecule is CCOc1cccnc1N1CCCCC1CBr. The van der Waals surface area contributed by atoms with Gasteiger partial charge in [0.2, 0.25) is 0 Å². The molecule has 1 unspecified atom stereocenters. The van der Waals surface area contributed by atoms with E-state index in [1.165, 1.54) is 19.3 Å². The fourth-order valence-corrected chi connectivity index (χ4v) is 2.98. The molecule has 0 aromatic carbocycles. The van der Waals surface area contributed by atoms with Crippen LogP contribution in [0.25, 0.3) is 0 Å². The summed E-state index contributed by atoms with van der Waals surface area (Å²) < 4.78 is 5.66. The summed E-state index contributed by atoms with van der Waals surface area (Å²) in [5.41, 5.74) is 0. The van der Waals surface area contributed by atoms with Crippen LogP contribution < -0.4 is 9.64 Å². The fraction of sp³-hybridized carbons (Fsp3) is 0.615. The number of aromatic nitrogens is 1. The van der Waals surface area contributed by atoms with Crippen LogP contribution >= 0.6 is 15.9 Å². The Bertz CT molecular complexity index is 359. The molecule has 1 aliphatic heterocycles. The molecule has 1 aromatic rings. The molecule has 0 radical (unpaired) electrons. The van der Waals surface area contributed by atoms with Gasteiger partial charge in [0.25, 0.3) is 0 Å². The Morgan fingerprint density at radius 2 is 2.41 bits per heavy atom. The minimum atomic E-state index is 0.540. The largest absolute Gasteiger partial charge is 0.490 e. The molecule has 1 atom stereocenters. The highest BCUT2D eigenvalue weighted by Crippen LogP contribution is 2.31. The predicted molar refractivity (Wildman–Crippen MR) is 74.2 cm³/mol. The maximum Gasteiger partial charge on any atom is 0.171 e. The molecule has 1 aromatic heterocycles. The van der Waals surface area contributed by atoms with E-state index in [1.54, 1.807) is 0 Å². The van der Waals surface area contributed by atoms with E-state index in [0.29, 0.717) is 12.6 Å². The van der Waals surface area contributed by atoms with Crippen LogP contribution in [0.1, 0.15) is 26.2 Å². The average Bonchev–Trinajstić information content (AvgIpc) is 2.40. The summed E-state index contributed by atoms with van der Waals surface area (Å²) in [6.45, 7) is 3.77. The summed E-state index contributed by atoms with van der Waals surface area (Å²) in [6.07, 6.45) is 5.63. The van der Waals surface area contributed by atoms with Gasteiger partial charge in [-0.05, 0) is 38.3 Å². The molecule has 0 aliphatic carbocycles. The van der Waals surface area contributed by atoms with Crippen LogP contribution in [-0.2, 0) is 0 Å². The lowest BCUT2D eigenvalue weighted by Gasteiger charge is -2.36. The van der Waals surface area contributed by atoms with Gasteiger partial charge in [-0.1, -0.05) is 15.9 Å². The molecule has 0 spiro atoms. The first-order chi connectivity index (χ1) is 8.36. The van der Waals surface area contributed by atoms with Gasteiger partial charge in [-0.15, -0.1) is 0 Å². The van der Waals surface area contributed by atoms with E-state index < -0.39 is 0 Å². The number of alkyl halides is 1. The number of hydrogen-bond donors (Lipinski definition) is 0. The van der Waals surface area contributed by atoms with Gasteiger partial charge in [-0.25, -0.2) is 4.98 Å². The van der Waals surface area contributed by atoms with Crippen LogP contribution in [0.3, 0.4) is 0 Å². The van der Waals surface area contributed by atoms with Gasteiger partial charge in [0.1, 0.15) is 0 Å². The Balaban J connectivity index is 2.24. The maximum absolute atomic E-state index is 5.66. The highest BCUT2D eigenvalue weighted by Gasteiger charge is 2.24. The number of rotatable bonds is 4. The van der Waals surface area contributed by atoms with Crippen LogP contribution in [0.4, 0.5) is 5.82 Å². The third-order valence-corrected chi connectivity index (χ3v) is 3.88. The number of anilines is 1. The second-order valence-corrected chi connectivity index (χ2v) is 4.90. The van der Waals surface area contributed by atoms with Crippen molar-refractivity contribution in [2.45, 2.75) is 32.2 Å². The summed E-state index contributed by atoms with van der Waals surface area (Å²) in [5.74, 6) is 1.90. The van der Waals surface area contributed by atoms with Crippen molar-refractivity contribution in [2.24, 2.45) is 0 Å². The van der Waals surface area contributed by atoms with Gasteiger partial charge in [-0.3, -0.25) is 0 Å². The Labute approximate surface area is 111 Å². The van der Waals surface area contributed by atoms with E-state index in [0.717, 1.165) is 23.4 Å². The molecule has 0 N–H and O–H groups in total. The molecule has 94 valence electrons. The third kappa shape index (κ3) is 2.92. The number of ether oxygens (including phenoxy) is 1. The summed E-state index contributed by atoms with van der Waals surface area (Å²) in [6, 6.07) is 4.48. The van der Waals surface area contributed by atoms with Crippen molar-refractivity contribution in [2.75, 3.05) is 23.4 Å². The van der Waals surface area contributed by atoms with Crippen LogP contribution in [0.2, 0.25) is 0 Å². The van der Waals surface area contributed by atoms with Gasteiger partial charge in [0.15, 0.2) is 11.6 Å². The predicted octanol–water partition coefficient (Wildman–Crippen LogP) is 3.23. The fourth-order valence-electron chi connectivity index (χ4n) is 2.31. The molecule has 0 bridgehead atoms. The molecule has 0 saturated carbocycles. The van der Waals surface area contributed by atoms with Gasteiger partial charge in [0, 0.05) is 24.1 Å². The standard InChI is InChI=1S/C13H19BrN2O/c1-2-17-12-7-5-8-15-13(12)16-9-4-3-6-11(16)10-14/h5,7-8,11H,2-4,6,9-10H2,1H3. The Morgan fingerprint density at radius 1 is 1.53 bits per heavy atom. The van der Waals surface area contributed by atoms with E-state index in [4.69, 9.17) is 4.74 Å². The van der Waals surface area contributed by atoms with Crippen molar-refractivity contribution in [1.82, 2.24) is 4.98 Å². The summed E-state index contributed by atoms with van der Waals surface area (Å²) in [5, 5.41) is 0.995. The van der Waals surface area contributed by atoms with Crippen molar-refractivity contribution in [1.29, 1.82) is 0 Å². The minimum absolute atomic E-state index is 0.540. The number of halogens is 1. The zero-order valence-corrected chi connectivity index (χ0v) is 11.8.